The van der Waals surface area contributed by atoms with Crippen molar-refractivity contribution in [3.8, 4) is 40.1 Å². The summed E-state index contributed by atoms with van der Waals surface area (Å²) in [5.41, 5.74) is -0.00507. The molecule has 0 saturated carbocycles. The molecule has 1 aromatic heterocycles. The van der Waals surface area contributed by atoms with E-state index >= 15 is 0 Å². The van der Waals surface area contributed by atoms with Gasteiger partial charge in [0.1, 0.15) is 16.7 Å². The van der Waals surface area contributed by atoms with Crippen LogP contribution in [0.5, 0.6) is 28.7 Å². The van der Waals surface area contributed by atoms with Gasteiger partial charge in [-0.25, -0.2) is 0 Å². The van der Waals surface area contributed by atoms with Crippen LogP contribution in [0.2, 0.25) is 0 Å². The van der Waals surface area contributed by atoms with E-state index in [1.807, 2.05) is 0 Å². The fourth-order valence-electron chi connectivity index (χ4n) is 2.58. The molecule has 1 heterocycles. The Morgan fingerprint density at radius 2 is 1.72 bits per heavy atom. The molecule has 0 saturated heterocycles. The summed E-state index contributed by atoms with van der Waals surface area (Å²) < 4.78 is 21.2. The van der Waals surface area contributed by atoms with E-state index in [1.165, 1.54) is 27.4 Å². The van der Waals surface area contributed by atoms with Gasteiger partial charge in [-0.2, -0.15) is 0 Å². The zero-order valence-corrected chi connectivity index (χ0v) is 13.8. The lowest BCUT2D eigenvalue weighted by molar-refractivity contribution is 0.351. The SMILES string of the molecule is COc1cccc(-c2oc3cc(OC)c(O)c(O)c3c(=O)c2OC)c1. The van der Waals surface area contributed by atoms with Crippen molar-refractivity contribution in [2.75, 3.05) is 21.3 Å². The Morgan fingerprint density at radius 1 is 0.960 bits per heavy atom. The van der Waals surface area contributed by atoms with Crippen LogP contribution in [0.25, 0.3) is 22.3 Å². The van der Waals surface area contributed by atoms with E-state index in [9.17, 15) is 15.0 Å². The molecule has 0 bridgehead atoms. The highest BCUT2D eigenvalue weighted by Gasteiger charge is 2.23. The van der Waals surface area contributed by atoms with Gasteiger partial charge in [0.15, 0.2) is 17.3 Å². The number of hydrogen-bond acceptors (Lipinski definition) is 7. The first-order valence-corrected chi connectivity index (χ1v) is 7.30. The number of rotatable bonds is 4. The smallest absolute Gasteiger partial charge is 0.239 e. The zero-order valence-electron chi connectivity index (χ0n) is 13.8. The first-order valence-electron chi connectivity index (χ1n) is 7.30. The molecule has 0 aliphatic heterocycles. The molecular weight excluding hydrogens is 328 g/mol. The maximum atomic E-state index is 12.8. The molecule has 7 heteroatoms. The number of benzene rings is 2. The van der Waals surface area contributed by atoms with Gasteiger partial charge in [0.25, 0.3) is 0 Å². The third kappa shape index (κ3) is 2.59. The lowest BCUT2D eigenvalue weighted by Gasteiger charge is -2.12. The molecule has 0 aliphatic carbocycles. The van der Waals surface area contributed by atoms with Crippen molar-refractivity contribution in [3.05, 3.63) is 40.6 Å². The second-order valence-electron chi connectivity index (χ2n) is 5.17. The Kier molecular flexibility index (Phi) is 4.14. The number of methoxy groups -OCH3 is 3. The third-order valence-corrected chi connectivity index (χ3v) is 3.81. The molecule has 2 aromatic carbocycles. The number of phenolic OH excluding ortho intramolecular Hbond substituents is 2. The average molecular weight is 344 g/mol. The molecule has 25 heavy (non-hydrogen) atoms. The molecule has 3 rings (SSSR count). The number of fused-ring (bicyclic) bond motifs is 1. The highest BCUT2D eigenvalue weighted by Crippen LogP contribution is 2.43. The van der Waals surface area contributed by atoms with E-state index in [-0.39, 0.29) is 28.2 Å². The van der Waals surface area contributed by atoms with Gasteiger partial charge in [-0.1, -0.05) is 12.1 Å². The minimum atomic E-state index is -0.626. The van der Waals surface area contributed by atoms with E-state index in [0.717, 1.165) is 0 Å². The van der Waals surface area contributed by atoms with E-state index in [1.54, 1.807) is 24.3 Å². The Hall–Kier alpha value is -3.35. The summed E-state index contributed by atoms with van der Waals surface area (Å²) >= 11 is 0. The number of aromatic hydroxyl groups is 2. The van der Waals surface area contributed by atoms with Crippen LogP contribution in [0.1, 0.15) is 0 Å². The van der Waals surface area contributed by atoms with E-state index in [0.29, 0.717) is 11.3 Å². The summed E-state index contributed by atoms with van der Waals surface area (Å²) in [6, 6.07) is 8.24. The van der Waals surface area contributed by atoms with Crippen LogP contribution in [0.15, 0.2) is 39.5 Å². The van der Waals surface area contributed by atoms with Gasteiger partial charge < -0.3 is 28.8 Å². The number of hydrogen-bond donors (Lipinski definition) is 2. The van der Waals surface area contributed by atoms with Crippen LogP contribution in [0, 0.1) is 0 Å². The van der Waals surface area contributed by atoms with Gasteiger partial charge in [-0.05, 0) is 12.1 Å². The summed E-state index contributed by atoms with van der Waals surface area (Å²) in [5.74, 6) is -0.535. The second-order valence-corrected chi connectivity index (χ2v) is 5.17. The molecule has 7 nitrogen and oxygen atoms in total. The fraction of sp³-hybridized carbons (Fsp3) is 0.167. The quantitative estimate of drug-likeness (QED) is 0.702. The largest absolute Gasteiger partial charge is 0.504 e. The predicted molar refractivity (Wildman–Crippen MR) is 90.9 cm³/mol. The molecule has 3 aromatic rings. The van der Waals surface area contributed by atoms with Crippen LogP contribution in [0.3, 0.4) is 0 Å². The summed E-state index contributed by atoms with van der Waals surface area (Å²) in [7, 11) is 4.17. The van der Waals surface area contributed by atoms with Gasteiger partial charge in [0.05, 0.1) is 21.3 Å². The molecule has 0 atom stereocenters. The van der Waals surface area contributed by atoms with Crippen LogP contribution in [0.4, 0.5) is 0 Å². The molecule has 0 amide bonds. The van der Waals surface area contributed by atoms with Crippen molar-refractivity contribution in [1.29, 1.82) is 0 Å². The van der Waals surface area contributed by atoms with E-state index in [4.69, 9.17) is 18.6 Å². The number of phenols is 2. The second kappa shape index (κ2) is 6.27. The van der Waals surface area contributed by atoms with E-state index < -0.39 is 16.9 Å². The fourth-order valence-corrected chi connectivity index (χ4v) is 2.58. The average Bonchev–Trinajstić information content (AvgIpc) is 2.64. The maximum Gasteiger partial charge on any atom is 0.239 e. The van der Waals surface area contributed by atoms with Crippen molar-refractivity contribution in [2.24, 2.45) is 0 Å². The van der Waals surface area contributed by atoms with Crippen molar-refractivity contribution < 1.29 is 28.8 Å². The van der Waals surface area contributed by atoms with Crippen molar-refractivity contribution in [1.82, 2.24) is 0 Å². The topological polar surface area (TPSA) is 98.4 Å². The lowest BCUT2D eigenvalue weighted by atomic mass is 10.1. The molecule has 0 radical (unpaired) electrons. The molecule has 0 fully saturated rings. The molecule has 0 aliphatic rings. The summed E-state index contributed by atoms with van der Waals surface area (Å²) in [6.45, 7) is 0. The Morgan fingerprint density at radius 3 is 2.36 bits per heavy atom. The summed E-state index contributed by atoms with van der Waals surface area (Å²) in [4.78, 5) is 12.8. The number of ether oxygens (including phenoxy) is 3. The van der Waals surface area contributed by atoms with Gasteiger partial charge in [0.2, 0.25) is 16.9 Å². The maximum absolute atomic E-state index is 12.8. The minimum absolute atomic E-state index is 0.0186. The van der Waals surface area contributed by atoms with Gasteiger partial charge in [0, 0.05) is 11.6 Å². The van der Waals surface area contributed by atoms with Crippen molar-refractivity contribution >= 4 is 11.0 Å². The highest BCUT2D eigenvalue weighted by molar-refractivity contribution is 5.91. The highest BCUT2D eigenvalue weighted by atomic mass is 16.5. The molecule has 2 N–H and O–H groups in total. The van der Waals surface area contributed by atoms with Crippen LogP contribution < -0.4 is 19.6 Å². The normalized spacial score (nSPS) is 10.7. The zero-order chi connectivity index (χ0) is 18.1. The molecule has 130 valence electrons. The van der Waals surface area contributed by atoms with Gasteiger partial charge >= 0.3 is 0 Å². The Labute approximate surface area is 142 Å². The van der Waals surface area contributed by atoms with Crippen LogP contribution in [-0.4, -0.2) is 31.5 Å². The van der Waals surface area contributed by atoms with Crippen molar-refractivity contribution in [2.45, 2.75) is 0 Å². The molecule has 0 spiro atoms. The van der Waals surface area contributed by atoms with Crippen LogP contribution >= 0.6 is 0 Å². The van der Waals surface area contributed by atoms with Gasteiger partial charge in [-0.3, -0.25) is 4.79 Å². The monoisotopic (exact) mass is 344 g/mol. The lowest BCUT2D eigenvalue weighted by Crippen LogP contribution is -2.08. The van der Waals surface area contributed by atoms with Crippen molar-refractivity contribution in [3.63, 3.8) is 0 Å². The molecular formula is C18H16O7. The Bertz CT molecular complexity index is 1000. The standard InChI is InChI=1S/C18H16O7/c1-22-10-6-4-5-9(7-10)17-18(24-3)16(21)13-11(25-17)8-12(23-2)14(19)15(13)20/h4-8,19-20H,1-3H3. The molecule has 0 unspecified atom stereocenters. The minimum Gasteiger partial charge on any atom is -0.504 e. The third-order valence-electron chi connectivity index (χ3n) is 3.81. The summed E-state index contributed by atoms with van der Waals surface area (Å²) in [5, 5.41) is 19.9. The predicted octanol–water partition coefficient (Wildman–Crippen LogP) is 2.90. The first kappa shape index (κ1) is 16.5. The van der Waals surface area contributed by atoms with Gasteiger partial charge in [-0.15, -0.1) is 0 Å². The first-order chi connectivity index (χ1) is 12.0. The Balaban J connectivity index is 2.40. The summed E-state index contributed by atoms with van der Waals surface area (Å²) in [6.07, 6.45) is 0. The van der Waals surface area contributed by atoms with E-state index in [2.05, 4.69) is 0 Å². The van der Waals surface area contributed by atoms with Crippen LogP contribution in [-0.2, 0) is 0 Å².